The van der Waals surface area contributed by atoms with Crippen molar-refractivity contribution in [1.29, 1.82) is 0 Å². The monoisotopic (exact) mass is 281 g/mol. The zero-order valence-electron chi connectivity index (χ0n) is 13.3. The summed E-state index contributed by atoms with van der Waals surface area (Å²) in [6.45, 7) is 9.19. The summed E-state index contributed by atoms with van der Waals surface area (Å²) in [5.41, 5.74) is -0.554. The van der Waals surface area contributed by atoms with Gasteiger partial charge in [-0.3, -0.25) is 4.79 Å². The van der Waals surface area contributed by atoms with Crippen LogP contribution in [0.2, 0.25) is 0 Å². The van der Waals surface area contributed by atoms with Crippen molar-refractivity contribution in [2.45, 2.75) is 71.9 Å². The third kappa shape index (κ3) is 8.58. The van der Waals surface area contributed by atoms with Gasteiger partial charge in [-0.2, -0.15) is 0 Å². The molecule has 0 saturated heterocycles. The Labute approximate surface area is 122 Å². The number of carbonyl (C=O) groups excluding carboxylic acids is 2. The second-order valence-corrected chi connectivity index (χ2v) is 6.23. The molecular weight excluding hydrogens is 254 g/mol. The molecule has 0 aromatic heterocycles. The molecule has 0 rings (SSSR count). The van der Waals surface area contributed by atoms with E-state index in [9.17, 15) is 9.59 Å². The fourth-order valence-corrected chi connectivity index (χ4v) is 1.62. The molecule has 0 aliphatic rings. The Morgan fingerprint density at radius 1 is 1.25 bits per heavy atom. The highest BCUT2D eigenvalue weighted by molar-refractivity contribution is 5.84. The Bertz CT molecular complexity index is 361. The lowest BCUT2D eigenvalue weighted by atomic mass is 10.0. The zero-order chi connectivity index (χ0) is 15.8. The number of ether oxygens (including phenoxy) is 1. The maximum Gasteiger partial charge on any atom is 0.329 e. The van der Waals surface area contributed by atoms with Gasteiger partial charge in [-0.25, -0.2) is 4.79 Å². The van der Waals surface area contributed by atoms with Crippen LogP contribution < -0.4 is 5.32 Å². The summed E-state index contributed by atoms with van der Waals surface area (Å²) in [5, 5.41) is 2.75. The molecule has 1 atom stereocenters. The minimum Gasteiger partial charge on any atom is -0.458 e. The standard InChI is InChI=1S/C16H27NO3/c1-7-8-9-10-11-13(18)17-14(12(2)3)15(19)20-16(4,5)6/h1,12,14H,8-11H2,2-6H3,(H,17,18)/t14-/m0/s1. The summed E-state index contributed by atoms with van der Waals surface area (Å²) in [5.74, 6) is 2.01. The maximum absolute atomic E-state index is 12.0. The number of unbranched alkanes of at least 4 members (excludes halogenated alkanes) is 2. The molecule has 114 valence electrons. The minimum atomic E-state index is -0.602. The molecule has 20 heavy (non-hydrogen) atoms. The number of terminal acetylenes is 1. The molecule has 0 aromatic rings. The second-order valence-electron chi connectivity index (χ2n) is 6.23. The van der Waals surface area contributed by atoms with Crippen LogP contribution in [0.5, 0.6) is 0 Å². The average Bonchev–Trinajstić information content (AvgIpc) is 2.29. The summed E-state index contributed by atoms with van der Waals surface area (Å²) >= 11 is 0. The predicted molar refractivity (Wildman–Crippen MR) is 79.9 cm³/mol. The fourth-order valence-electron chi connectivity index (χ4n) is 1.62. The van der Waals surface area contributed by atoms with Gasteiger partial charge in [-0.15, -0.1) is 12.3 Å². The van der Waals surface area contributed by atoms with Crippen molar-refractivity contribution in [3.05, 3.63) is 0 Å². The van der Waals surface area contributed by atoms with Crippen molar-refractivity contribution in [2.24, 2.45) is 5.92 Å². The largest absolute Gasteiger partial charge is 0.458 e. The minimum absolute atomic E-state index is 0.0143. The lowest BCUT2D eigenvalue weighted by Crippen LogP contribution is -2.47. The van der Waals surface area contributed by atoms with Crippen molar-refractivity contribution in [1.82, 2.24) is 5.32 Å². The van der Waals surface area contributed by atoms with Crippen LogP contribution in [-0.2, 0) is 14.3 Å². The Balaban J connectivity index is 4.37. The van der Waals surface area contributed by atoms with E-state index in [1.165, 1.54) is 0 Å². The van der Waals surface area contributed by atoms with Gasteiger partial charge in [-0.05, 0) is 39.5 Å². The molecule has 0 unspecified atom stereocenters. The highest BCUT2D eigenvalue weighted by Crippen LogP contribution is 2.12. The topological polar surface area (TPSA) is 55.4 Å². The molecular formula is C16H27NO3. The fraction of sp³-hybridized carbons (Fsp3) is 0.750. The number of esters is 1. The Hall–Kier alpha value is -1.50. The van der Waals surface area contributed by atoms with E-state index >= 15 is 0 Å². The van der Waals surface area contributed by atoms with Crippen LogP contribution in [0.4, 0.5) is 0 Å². The van der Waals surface area contributed by atoms with Crippen LogP contribution in [0.1, 0.15) is 60.3 Å². The number of nitrogens with one attached hydrogen (secondary N) is 1. The van der Waals surface area contributed by atoms with Crippen LogP contribution in [-0.4, -0.2) is 23.5 Å². The van der Waals surface area contributed by atoms with Gasteiger partial charge in [0, 0.05) is 12.8 Å². The predicted octanol–water partition coefficient (Wildman–Crippen LogP) is 2.66. The summed E-state index contributed by atoms with van der Waals surface area (Å²) in [6, 6.07) is -0.602. The van der Waals surface area contributed by atoms with Crippen LogP contribution in [0.25, 0.3) is 0 Å². The van der Waals surface area contributed by atoms with Crippen molar-refractivity contribution in [3.63, 3.8) is 0 Å². The normalized spacial score (nSPS) is 12.7. The molecule has 0 aromatic carbocycles. The molecule has 0 fully saturated rings. The summed E-state index contributed by atoms with van der Waals surface area (Å²) in [4.78, 5) is 23.9. The SMILES string of the molecule is C#CCCCCC(=O)N[C@H](C(=O)OC(C)(C)C)C(C)C. The van der Waals surface area contributed by atoms with E-state index in [-0.39, 0.29) is 17.8 Å². The first-order chi connectivity index (χ1) is 9.17. The van der Waals surface area contributed by atoms with Gasteiger partial charge in [0.1, 0.15) is 11.6 Å². The van der Waals surface area contributed by atoms with Crippen LogP contribution in [0.3, 0.4) is 0 Å². The van der Waals surface area contributed by atoms with E-state index in [0.717, 1.165) is 12.8 Å². The number of hydrogen-bond acceptors (Lipinski definition) is 3. The lowest BCUT2D eigenvalue weighted by molar-refractivity contribution is -0.160. The third-order valence-electron chi connectivity index (χ3n) is 2.62. The van der Waals surface area contributed by atoms with Crippen molar-refractivity contribution in [2.75, 3.05) is 0 Å². The second kappa shape index (κ2) is 8.63. The molecule has 4 heteroatoms. The van der Waals surface area contributed by atoms with Crippen molar-refractivity contribution in [3.8, 4) is 12.3 Å². The first-order valence-electron chi connectivity index (χ1n) is 7.13. The van der Waals surface area contributed by atoms with E-state index in [0.29, 0.717) is 12.8 Å². The number of hydrogen-bond donors (Lipinski definition) is 1. The smallest absolute Gasteiger partial charge is 0.329 e. The average molecular weight is 281 g/mol. The molecule has 0 aliphatic carbocycles. The maximum atomic E-state index is 12.0. The quantitative estimate of drug-likeness (QED) is 0.443. The van der Waals surface area contributed by atoms with E-state index in [1.807, 2.05) is 34.6 Å². The van der Waals surface area contributed by atoms with Crippen LogP contribution >= 0.6 is 0 Å². The third-order valence-corrected chi connectivity index (χ3v) is 2.62. The Morgan fingerprint density at radius 3 is 2.30 bits per heavy atom. The summed E-state index contributed by atoms with van der Waals surface area (Å²) < 4.78 is 5.32. The van der Waals surface area contributed by atoms with E-state index in [4.69, 9.17) is 11.2 Å². The van der Waals surface area contributed by atoms with Crippen LogP contribution in [0.15, 0.2) is 0 Å². The Morgan fingerprint density at radius 2 is 1.85 bits per heavy atom. The highest BCUT2D eigenvalue weighted by atomic mass is 16.6. The van der Waals surface area contributed by atoms with Gasteiger partial charge < -0.3 is 10.1 Å². The van der Waals surface area contributed by atoms with Gasteiger partial charge in [0.25, 0.3) is 0 Å². The molecule has 4 nitrogen and oxygen atoms in total. The molecule has 0 aliphatic heterocycles. The van der Waals surface area contributed by atoms with Gasteiger partial charge in [0.15, 0.2) is 0 Å². The molecule has 1 N–H and O–H groups in total. The number of rotatable bonds is 7. The molecule has 0 radical (unpaired) electrons. The van der Waals surface area contributed by atoms with Gasteiger partial charge in [-0.1, -0.05) is 13.8 Å². The highest BCUT2D eigenvalue weighted by Gasteiger charge is 2.28. The van der Waals surface area contributed by atoms with E-state index < -0.39 is 11.6 Å². The van der Waals surface area contributed by atoms with Crippen LogP contribution in [0, 0.1) is 18.3 Å². The molecule has 0 heterocycles. The summed E-state index contributed by atoms with van der Waals surface area (Å²) in [7, 11) is 0. The van der Waals surface area contributed by atoms with Crippen molar-refractivity contribution >= 4 is 11.9 Å². The lowest BCUT2D eigenvalue weighted by Gasteiger charge is -2.26. The van der Waals surface area contributed by atoms with Gasteiger partial charge in [0.2, 0.25) is 5.91 Å². The summed E-state index contributed by atoms with van der Waals surface area (Å²) in [6.07, 6.45) is 7.76. The van der Waals surface area contributed by atoms with Gasteiger partial charge in [0.05, 0.1) is 0 Å². The number of carbonyl (C=O) groups is 2. The molecule has 0 spiro atoms. The van der Waals surface area contributed by atoms with Gasteiger partial charge >= 0.3 is 5.97 Å². The van der Waals surface area contributed by atoms with E-state index in [1.54, 1.807) is 0 Å². The van der Waals surface area contributed by atoms with Crippen molar-refractivity contribution < 1.29 is 14.3 Å². The molecule has 0 bridgehead atoms. The first kappa shape index (κ1) is 18.5. The first-order valence-corrected chi connectivity index (χ1v) is 7.13. The molecule has 1 amide bonds. The molecule has 0 saturated carbocycles. The Kier molecular flexibility index (Phi) is 7.98. The van der Waals surface area contributed by atoms with E-state index in [2.05, 4.69) is 11.2 Å². The number of amides is 1. The zero-order valence-corrected chi connectivity index (χ0v) is 13.3.